The lowest BCUT2D eigenvalue weighted by Crippen LogP contribution is -2.25. The summed E-state index contributed by atoms with van der Waals surface area (Å²) in [5.74, 6) is -0.0991. The molecule has 3 rings (SSSR count). The Morgan fingerprint density at radius 2 is 1.96 bits per heavy atom. The lowest BCUT2D eigenvalue weighted by Gasteiger charge is -2.17. The molecule has 3 nitrogen and oxygen atoms in total. The number of nitrogens with zero attached hydrogens (tertiary/aromatic N) is 1. The van der Waals surface area contributed by atoms with Gasteiger partial charge in [-0.3, -0.25) is 4.79 Å². The molecule has 0 saturated carbocycles. The molecule has 1 heterocycles. The second-order valence-corrected chi connectivity index (χ2v) is 5.52. The Morgan fingerprint density at radius 1 is 1.22 bits per heavy atom. The van der Waals surface area contributed by atoms with Gasteiger partial charge in [-0.2, -0.15) is 0 Å². The molecule has 0 aliphatic carbocycles. The van der Waals surface area contributed by atoms with E-state index in [1.165, 1.54) is 5.56 Å². The van der Waals surface area contributed by atoms with Crippen LogP contribution in [0.2, 0.25) is 0 Å². The summed E-state index contributed by atoms with van der Waals surface area (Å²) in [4.78, 5) is 17.6. The summed E-state index contributed by atoms with van der Waals surface area (Å²) in [5, 5.41) is 1.02. The third-order valence-electron chi connectivity index (χ3n) is 3.74. The quantitative estimate of drug-likeness (QED) is 0.712. The van der Waals surface area contributed by atoms with Crippen molar-refractivity contribution in [1.82, 2.24) is 9.88 Å². The number of carbonyl (C=O) groups excluding carboxylic acids is 1. The van der Waals surface area contributed by atoms with Crippen molar-refractivity contribution in [2.75, 3.05) is 0 Å². The van der Waals surface area contributed by atoms with Gasteiger partial charge in [0.15, 0.2) is 0 Å². The van der Waals surface area contributed by atoms with Crippen molar-refractivity contribution in [3.63, 3.8) is 0 Å². The number of amides is 1. The number of hydrogen-bond acceptors (Lipinski definition) is 1. The zero-order valence-corrected chi connectivity index (χ0v) is 13.0. The summed E-state index contributed by atoms with van der Waals surface area (Å²) >= 11 is 0. The number of aryl methyl sites for hydroxylation is 1. The molecule has 1 amide bonds. The summed E-state index contributed by atoms with van der Waals surface area (Å²) in [6.07, 6.45) is 1.59. The van der Waals surface area contributed by atoms with Crippen LogP contribution in [0.4, 0.5) is 0 Å². The van der Waals surface area contributed by atoms with Crippen molar-refractivity contribution < 1.29 is 4.79 Å². The Hall–Kier alpha value is -3.03. The van der Waals surface area contributed by atoms with Crippen molar-refractivity contribution >= 4 is 16.8 Å². The predicted molar refractivity (Wildman–Crippen MR) is 93.1 cm³/mol. The Morgan fingerprint density at radius 3 is 2.65 bits per heavy atom. The van der Waals surface area contributed by atoms with Gasteiger partial charge in [0, 0.05) is 17.1 Å². The minimum Gasteiger partial charge on any atom is -0.351 e. The fourth-order valence-corrected chi connectivity index (χ4v) is 2.52. The van der Waals surface area contributed by atoms with E-state index in [-0.39, 0.29) is 5.91 Å². The summed E-state index contributed by atoms with van der Waals surface area (Å²) in [7, 11) is 0. The van der Waals surface area contributed by atoms with Gasteiger partial charge in [0.25, 0.3) is 5.91 Å². The Balaban J connectivity index is 1.88. The second-order valence-electron chi connectivity index (χ2n) is 5.52. The minimum absolute atomic E-state index is 0.0991. The van der Waals surface area contributed by atoms with Gasteiger partial charge in [-0.15, -0.1) is 5.73 Å². The third kappa shape index (κ3) is 3.25. The number of hydrogen-bond donors (Lipinski definition) is 1. The van der Waals surface area contributed by atoms with E-state index >= 15 is 0 Å². The van der Waals surface area contributed by atoms with Gasteiger partial charge in [-0.25, -0.2) is 0 Å². The van der Waals surface area contributed by atoms with Crippen LogP contribution < -0.4 is 0 Å². The SMILES string of the molecule is C=C=CN(Cc1ccc(C)cc1)C(=O)c1cc2ccccc2[nH]1. The fraction of sp³-hybridized carbons (Fsp3) is 0.100. The first-order valence-electron chi connectivity index (χ1n) is 7.47. The fourth-order valence-electron chi connectivity index (χ4n) is 2.52. The van der Waals surface area contributed by atoms with Crippen LogP contribution in [-0.4, -0.2) is 15.8 Å². The molecule has 0 atom stereocenters. The molecule has 0 saturated heterocycles. The first-order chi connectivity index (χ1) is 11.2. The Labute approximate surface area is 135 Å². The topological polar surface area (TPSA) is 36.1 Å². The summed E-state index contributed by atoms with van der Waals surface area (Å²) in [6.45, 7) is 6.12. The molecule has 1 N–H and O–H groups in total. The van der Waals surface area contributed by atoms with Crippen molar-refractivity contribution in [1.29, 1.82) is 0 Å². The standard InChI is InChI=1S/C20H18N2O/c1-3-12-22(14-16-10-8-15(2)9-11-16)20(23)19-13-17-6-4-5-7-18(17)21-19/h4-13,21H,1,14H2,2H3. The maximum atomic E-state index is 12.8. The predicted octanol–water partition coefficient (Wildman–Crippen LogP) is 4.42. The highest BCUT2D eigenvalue weighted by atomic mass is 16.2. The number of aromatic amines is 1. The smallest absolute Gasteiger partial charge is 0.275 e. The Bertz CT molecular complexity index is 850. The van der Waals surface area contributed by atoms with E-state index in [9.17, 15) is 4.79 Å². The summed E-state index contributed by atoms with van der Waals surface area (Å²) in [6, 6.07) is 17.8. The normalized spacial score (nSPS) is 10.3. The maximum Gasteiger partial charge on any atom is 0.275 e. The van der Waals surface area contributed by atoms with Crippen molar-refractivity contribution in [3.8, 4) is 0 Å². The molecule has 1 aromatic heterocycles. The molecule has 0 radical (unpaired) electrons. The summed E-state index contributed by atoms with van der Waals surface area (Å²) < 4.78 is 0. The molecule has 23 heavy (non-hydrogen) atoms. The van der Waals surface area contributed by atoms with Gasteiger partial charge in [0.1, 0.15) is 5.69 Å². The first-order valence-corrected chi connectivity index (χ1v) is 7.47. The highest BCUT2D eigenvalue weighted by Crippen LogP contribution is 2.17. The van der Waals surface area contributed by atoms with Crippen LogP contribution >= 0.6 is 0 Å². The second kappa shape index (κ2) is 6.39. The zero-order chi connectivity index (χ0) is 16.2. The van der Waals surface area contributed by atoms with E-state index in [0.717, 1.165) is 16.5 Å². The van der Waals surface area contributed by atoms with Crippen molar-refractivity contribution in [2.45, 2.75) is 13.5 Å². The molecule has 0 aliphatic heterocycles. The largest absolute Gasteiger partial charge is 0.351 e. The number of H-pyrrole nitrogens is 1. The van der Waals surface area contributed by atoms with Gasteiger partial charge < -0.3 is 9.88 Å². The van der Waals surface area contributed by atoms with E-state index < -0.39 is 0 Å². The number of carbonyl (C=O) groups is 1. The molecule has 3 heteroatoms. The van der Waals surface area contributed by atoms with E-state index in [1.54, 1.807) is 11.1 Å². The van der Waals surface area contributed by atoms with Gasteiger partial charge >= 0.3 is 0 Å². The van der Waals surface area contributed by atoms with Gasteiger partial charge in [0.05, 0.1) is 6.54 Å². The van der Waals surface area contributed by atoms with Crippen LogP contribution in [-0.2, 0) is 6.54 Å². The number of fused-ring (bicyclic) bond motifs is 1. The van der Waals surface area contributed by atoms with Crippen LogP contribution in [0.25, 0.3) is 10.9 Å². The van der Waals surface area contributed by atoms with Gasteiger partial charge in [-0.05, 0) is 24.6 Å². The molecule has 3 aromatic rings. The lowest BCUT2D eigenvalue weighted by molar-refractivity contribution is 0.0809. The molecule has 0 aliphatic rings. The minimum atomic E-state index is -0.0991. The van der Waals surface area contributed by atoms with Crippen LogP contribution in [0.15, 0.2) is 73.1 Å². The molecule has 2 aromatic carbocycles. The van der Waals surface area contributed by atoms with Crippen LogP contribution in [0.3, 0.4) is 0 Å². The van der Waals surface area contributed by atoms with Crippen molar-refractivity contribution in [3.05, 3.63) is 89.9 Å². The van der Waals surface area contributed by atoms with Crippen LogP contribution in [0, 0.1) is 6.92 Å². The average molecular weight is 302 g/mol. The van der Waals surface area contributed by atoms with Crippen molar-refractivity contribution in [2.24, 2.45) is 0 Å². The molecule has 0 bridgehead atoms. The highest BCUT2D eigenvalue weighted by Gasteiger charge is 2.16. The average Bonchev–Trinajstić information content (AvgIpc) is 3.00. The van der Waals surface area contributed by atoms with E-state index in [4.69, 9.17) is 0 Å². The molecular formula is C20H18N2O. The maximum absolute atomic E-state index is 12.8. The van der Waals surface area contributed by atoms with E-state index in [1.807, 2.05) is 61.5 Å². The van der Waals surface area contributed by atoms with Gasteiger partial charge in [0.2, 0.25) is 0 Å². The number of para-hydroxylation sites is 1. The van der Waals surface area contributed by atoms with Gasteiger partial charge in [-0.1, -0.05) is 54.6 Å². The van der Waals surface area contributed by atoms with E-state index in [2.05, 4.69) is 17.3 Å². The molecule has 0 spiro atoms. The monoisotopic (exact) mass is 302 g/mol. The lowest BCUT2D eigenvalue weighted by atomic mass is 10.1. The molecular weight excluding hydrogens is 284 g/mol. The first kappa shape index (κ1) is 14.9. The Kier molecular flexibility index (Phi) is 4.13. The molecule has 0 unspecified atom stereocenters. The number of benzene rings is 2. The van der Waals surface area contributed by atoms with Crippen LogP contribution in [0.5, 0.6) is 0 Å². The number of nitrogens with one attached hydrogen (secondary N) is 1. The number of aromatic nitrogens is 1. The molecule has 0 fully saturated rings. The zero-order valence-electron chi connectivity index (χ0n) is 13.0. The molecule has 114 valence electrons. The third-order valence-corrected chi connectivity index (χ3v) is 3.74. The highest BCUT2D eigenvalue weighted by molar-refractivity contribution is 5.98. The van der Waals surface area contributed by atoms with E-state index in [0.29, 0.717) is 12.2 Å². The summed E-state index contributed by atoms with van der Waals surface area (Å²) in [5.41, 5.74) is 6.47. The number of rotatable bonds is 4. The van der Waals surface area contributed by atoms with Crippen LogP contribution in [0.1, 0.15) is 21.6 Å².